The molecule has 0 aliphatic heterocycles. The Bertz CT molecular complexity index is 284. The molecule has 16 heavy (non-hydrogen) atoms. The van der Waals surface area contributed by atoms with E-state index in [9.17, 15) is 0 Å². The molecule has 2 heteroatoms. The number of nitrogens with one attached hydrogen (secondary N) is 1. The zero-order chi connectivity index (χ0) is 11.6. The van der Waals surface area contributed by atoms with Crippen molar-refractivity contribution in [2.75, 3.05) is 12.8 Å². The Morgan fingerprint density at radius 1 is 1.38 bits per heavy atom. The molecule has 0 spiro atoms. The van der Waals surface area contributed by atoms with Gasteiger partial charge in [-0.3, -0.25) is 0 Å². The van der Waals surface area contributed by atoms with Crippen LogP contribution in [0.1, 0.15) is 19.3 Å². The van der Waals surface area contributed by atoms with E-state index in [4.69, 9.17) is 0 Å². The van der Waals surface area contributed by atoms with Crippen molar-refractivity contribution in [3.05, 3.63) is 43.0 Å². The zero-order valence-corrected chi connectivity index (χ0v) is 10.8. The molecule has 0 radical (unpaired) electrons. The summed E-state index contributed by atoms with van der Waals surface area (Å²) in [5, 5.41) is 3.38. The van der Waals surface area contributed by atoms with Crippen molar-refractivity contribution in [2.45, 2.75) is 30.2 Å². The number of thioether (sulfide) groups is 1. The van der Waals surface area contributed by atoms with E-state index in [-0.39, 0.29) is 0 Å². The van der Waals surface area contributed by atoms with E-state index in [0.29, 0.717) is 6.04 Å². The summed E-state index contributed by atoms with van der Waals surface area (Å²) in [6.07, 6.45) is 5.57. The van der Waals surface area contributed by atoms with Crippen LogP contribution in [-0.2, 0) is 0 Å². The molecular weight excluding hydrogens is 214 g/mol. The minimum absolute atomic E-state index is 0.602. The van der Waals surface area contributed by atoms with Crippen LogP contribution in [0.25, 0.3) is 0 Å². The highest BCUT2D eigenvalue weighted by Gasteiger charge is 2.05. The molecule has 0 heterocycles. The summed E-state index contributed by atoms with van der Waals surface area (Å²) in [4.78, 5) is 1.35. The summed E-state index contributed by atoms with van der Waals surface area (Å²) in [5.41, 5.74) is 0. The third-order valence-electron chi connectivity index (χ3n) is 2.56. The Morgan fingerprint density at radius 3 is 2.75 bits per heavy atom. The average Bonchev–Trinajstić information content (AvgIpc) is 2.35. The first kappa shape index (κ1) is 13.3. The first-order chi connectivity index (χ1) is 7.86. The Labute approximate surface area is 103 Å². The Hall–Kier alpha value is -0.730. The average molecular weight is 235 g/mol. The van der Waals surface area contributed by atoms with Crippen LogP contribution in [0.3, 0.4) is 0 Å². The number of hydrogen-bond donors (Lipinski definition) is 1. The Kier molecular flexibility index (Phi) is 7.02. The van der Waals surface area contributed by atoms with Gasteiger partial charge in [-0.1, -0.05) is 24.3 Å². The highest BCUT2D eigenvalue weighted by molar-refractivity contribution is 7.99. The second-order valence-electron chi connectivity index (χ2n) is 3.83. The predicted molar refractivity (Wildman–Crippen MR) is 74.1 cm³/mol. The molecule has 1 atom stereocenters. The van der Waals surface area contributed by atoms with Crippen molar-refractivity contribution >= 4 is 11.8 Å². The summed E-state index contributed by atoms with van der Waals surface area (Å²) in [6.45, 7) is 3.75. The smallest absolute Gasteiger partial charge is 0.0158 e. The van der Waals surface area contributed by atoms with Crippen molar-refractivity contribution in [3.63, 3.8) is 0 Å². The second-order valence-corrected chi connectivity index (χ2v) is 4.92. The predicted octanol–water partition coefficient (Wildman–Crippen LogP) is 3.72. The topological polar surface area (TPSA) is 12.0 Å². The van der Waals surface area contributed by atoms with Crippen molar-refractivity contribution in [2.24, 2.45) is 0 Å². The van der Waals surface area contributed by atoms with E-state index in [1.165, 1.54) is 17.7 Å². The lowest BCUT2D eigenvalue weighted by Crippen LogP contribution is -2.27. The second kappa shape index (κ2) is 8.43. The maximum absolute atomic E-state index is 3.75. The molecule has 1 nitrogen and oxygen atoms in total. The van der Waals surface area contributed by atoms with Crippen LogP contribution < -0.4 is 5.32 Å². The van der Waals surface area contributed by atoms with Gasteiger partial charge in [-0.25, -0.2) is 0 Å². The van der Waals surface area contributed by atoms with Crippen LogP contribution in [0.15, 0.2) is 47.9 Å². The van der Waals surface area contributed by atoms with E-state index in [0.717, 1.165) is 12.2 Å². The minimum atomic E-state index is 0.602. The Morgan fingerprint density at radius 2 is 2.12 bits per heavy atom. The number of benzene rings is 1. The molecule has 0 fully saturated rings. The number of rotatable bonds is 8. The van der Waals surface area contributed by atoms with Crippen LogP contribution >= 0.6 is 11.8 Å². The van der Waals surface area contributed by atoms with Gasteiger partial charge >= 0.3 is 0 Å². The lowest BCUT2D eigenvalue weighted by molar-refractivity contribution is 0.552. The molecule has 1 unspecified atom stereocenters. The maximum Gasteiger partial charge on any atom is 0.0158 e. The summed E-state index contributed by atoms with van der Waals surface area (Å²) < 4.78 is 0. The molecule has 0 amide bonds. The van der Waals surface area contributed by atoms with Gasteiger partial charge in [-0.15, -0.1) is 18.3 Å². The normalized spacial score (nSPS) is 12.3. The van der Waals surface area contributed by atoms with Gasteiger partial charge in [0.05, 0.1) is 0 Å². The molecule has 1 aromatic rings. The molecule has 0 aliphatic carbocycles. The SMILES string of the molecule is C=CCCCC(CSc1ccccc1)NC. The molecule has 0 aromatic heterocycles. The van der Waals surface area contributed by atoms with Crippen molar-refractivity contribution in [1.82, 2.24) is 5.32 Å². The molecule has 0 saturated carbocycles. The van der Waals surface area contributed by atoms with E-state index in [2.05, 4.69) is 42.2 Å². The minimum Gasteiger partial charge on any atom is -0.316 e. The van der Waals surface area contributed by atoms with Gasteiger partial charge in [-0.05, 0) is 38.4 Å². The third kappa shape index (κ3) is 5.38. The Balaban J connectivity index is 2.25. The zero-order valence-electron chi connectivity index (χ0n) is 9.99. The lowest BCUT2D eigenvalue weighted by atomic mass is 10.1. The van der Waals surface area contributed by atoms with Crippen LogP contribution in [0.5, 0.6) is 0 Å². The van der Waals surface area contributed by atoms with Gasteiger partial charge < -0.3 is 5.32 Å². The first-order valence-corrected chi connectivity index (χ1v) is 6.81. The largest absolute Gasteiger partial charge is 0.316 e. The molecular formula is C14H21NS. The van der Waals surface area contributed by atoms with Gasteiger partial charge in [0, 0.05) is 16.7 Å². The van der Waals surface area contributed by atoms with Gasteiger partial charge in [0.25, 0.3) is 0 Å². The van der Waals surface area contributed by atoms with E-state index in [1.807, 2.05) is 24.9 Å². The van der Waals surface area contributed by atoms with Crippen molar-refractivity contribution in [1.29, 1.82) is 0 Å². The highest BCUT2D eigenvalue weighted by atomic mass is 32.2. The number of unbranched alkanes of at least 4 members (excludes halogenated alkanes) is 1. The monoisotopic (exact) mass is 235 g/mol. The van der Waals surface area contributed by atoms with Crippen molar-refractivity contribution in [3.8, 4) is 0 Å². The quantitative estimate of drug-likeness (QED) is 0.419. The highest BCUT2D eigenvalue weighted by Crippen LogP contribution is 2.19. The van der Waals surface area contributed by atoms with E-state index >= 15 is 0 Å². The van der Waals surface area contributed by atoms with Crippen LogP contribution in [0, 0.1) is 0 Å². The standard InChI is InChI=1S/C14H21NS/c1-3-4-6-9-13(15-2)12-16-14-10-7-5-8-11-14/h3,5,7-8,10-11,13,15H,1,4,6,9,12H2,2H3. The molecule has 1 rings (SSSR count). The number of hydrogen-bond acceptors (Lipinski definition) is 2. The van der Waals surface area contributed by atoms with Crippen LogP contribution in [0.2, 0.25) is 0 Å². The number of allylic oxidation sites excluding steroid dienone is 1. The van der Waals surface area contributed by atoms with E-state index < -0.39 is 0 Å². The van der Waals surface area contributed by atoms with Gasteiger partial charge in [0.15, 0.2) is 0 Å². The van der Waals surface area contributed by atoms with Crippen LogP contribution in [0.4, 0.5) is 0 Å². The molecule has 1 N–H and O–H groups in total. The van der Waals surface area contributed by atoms with E-state index in [1.54, 1.807) is 0 Å². The summed E-state index contributed by atoms with van der Waals surface area (Å²) >= 11 is 1.92. The summed E-state index contributed by atoms with van der Waals surface area (Å²) in [7, 11) is 2.05. The van der Waals surface area contributed by atoms with Crippen LogP contribution in [-0.4, -0.2) is 18.8 Å². The fourth-order valence-electron chi connectivity index (χ4n) is 1.53. The molecule has 0 saturated heterocycles. The van der Waals surface area contributed by atoms with Gasteiger partial charge in [-0.2, -0.15) is 0 Å². The van der Waals surface area contributed by atoms with Gasteiger partial charge in [0.2, 0.25) is 0 Å². The first-order valence-electron chi connectivity index (χ1n) is 5.83. The summed E-state index contributed by atoms with van der Waals surface area (Å²) in [5.74, 6) is 1.14. The van der Waals surface area contributed by atoms with Gasteiger partial charge in [0.1, 0.15) is 0 Å². The molecule has 1 aromatic carbocycles. The fourth-order valence-corrected chi connectivity index (χ4v) is 2.61. The summed E-state index contributed by atoms with van der Waals surface area (Å²) in [6, 6.07) is 11.2. The maximum atomic E-state index is 3.75. The third-order valence-corrected chi connectivity index (χ3v) is 3.74. The molecule has 88 valence electrons. The fraction of sp³-hybridized carbons (Fsp3) is 0.429. The molecule has 0 aliphatic rings. The molecule has 0 bridgehead atoms. The van der Waals surface area contributed by atoms with Crippen molar-refractivity contribution < 1.29 is 0 Å². The lowest BCUT2D eigenvalue weighted by Gasteiger charge is -2.15.